The number of rotatable bonds is 4. The lowest BCUT2D eigenvalue weighted by Crippen LogP contribution is -2.23. The molecule has 6 heteroatoms. The van der Waals surface area contributed by atoms with Gasteiger partial charge in [-0.2, -0.15) is 0 Å². The molecular weight excluding hydrogens is 256 g/mol. The highest BCUT2D eigenvalue weighted by atomic mass is 35.5. The lowest BCUT2D eigenvalue weighted by atomic mass is 9.89. The number of halogens is 1. The monoisotopic (exact) mass is 272 g/mol. The molecule has 1 unspecified atom stereocenters. The minimum absolute atomic E-state index is 0.0225. The molecule has 0 aliphatic heterocycles. The van der Waals surface area contributed by atoms with Crippen molar-refractivity contribution in [3.05, 3.63) is 27.9 Å². The first-order valence-electron chi connectivity index (χ1n) is 5.58. The quantitative estimate of drug-likeness (QED) is 0.480. The molecule has 0 fully saturated rings. The Morgan fingerprint density at radius 3 is 2.56 bits per heavy atom. The third-order valence-corrected chi connectivity index (χ3v) is 3.45. The van der Waals surface area contributed by atoms with Gasteiger partial charge in [0.25, 0.3) is 5.69 Å². The molecule has 100 valence electrons. The number of hydrogen-bond donors (Lipinski definition) is 0. The molecule has 18 heavy (non-hydrogen) atoms. The van der Waals surface area contributed by atoms with E-state index < -0.39 is 4.92 Å². The Hall–Kier alpha value is -1.36. The Bertz CT molecular complexity index is 443. The molecule has 0 N–H and O–H groups in total. The highest BCUT2D eigenvalue weighted by Crippen LogP contribution is 2.30. The molecule has 1 rings (SSSR count). The molecular formula is C12H17ClN2O3. The highest BCUT2D eigenvalue weighted by Gasteiger charge is 2.27. The fraction of sp³-hybridized carbons (Fsp3) is 0.583. The van der Waals surface area contributed by atoms with Crippen LogP contribution in [0.5, 0.6) is 5.88 Å². The predicted molar refractivity (Wildman–Crippen MR) is 70.2 cm³/mol. The third kappa shape index (κ3) is 3.57. The molecule has 0 bridgehead atoms. The number of aromatic nitrogens is 1. The SMILES string of the molecule is COc1ccc([N+](=O)[O-])c(CC(Cl)C(C)(C)C)n1. The first-order chi connectivity index (χ1) is 8.25. The third-order valence-electron chi connectivity index (χ3n) is 2.64. The van der Waals surface area contributed by atoms with Crippen molar-refractivity contribution in [3.8, 4) is 5.88 Å². The van der Waals surface area contributed by atoms with Gasteiger partial charge < -0.3 is 4.74 Å². The molecule has 0 saturated carbocycles. The van der Waals surface area contributed by atoms with Crippen molar-refractivity contribution in [2.75, 3.05) is 7.11 Å². The predicted octanol–water partition coefficient (Wildman–Crippen LogP) is 3.19. The summed E-state index contributed by atoms with van der Waals surface area (Å²) >= 11 is 6.26. The van der Waals surface area contributed by atoms with Gasteiger partial charge >= 0.3 is 0 Å². The van der Waals surface area contributed by atoms with Crippen molar-refractivity contribution in [1.82, 2.24) is 4.98 Å². The van der Waals surface area contributed by atoms with Crippen LogP contribution < -0.4 is 4.74 Å². The zero-order valence-corrected chi connectivity index (χ0v) is 11.7. The van der Waals surface area contributed by atoms with Crippen LogP contribution in [0.1, 0.15) is 26.5 Å². The van der Waals surface area contributed by atoms with Crippen LogP contribution in [0, 0.1) is 15.5 Å². The van der Waals surface area contributed by atoms with E-state index in [9.17, 15) is 10.1 Å². The number of hydrogen-bond acceptors (Lipinski definition) is 4. The average molecular weight is 273 g/mol. The van der Waals surface area contributed by atoms with Gasteiger partial charge in [0, 0.05) is 23.9 Å². The number of alkyl halides is 1. The fourth-order valence-electron chi connectivity index (χ4n) is 1.38. The van der Waals surface area contributed by atoms with Crippen molar-refractivity contribution in [1.29, 1.82) is 0 Å². The number of methoxy groups -OCH3 is 1. The van der Waals surface area contributed by atoms with E-state index in [1.165, 1.54) is 19.2 Å². The maximum Gasteiger partial charge on any atom is 0.291 e. The van der Waals surface area contributed by atoms with Gasteiger partial charge in [0.15, 0.2) is 0 Å². The molecule has 0 spiro atoms. The number of ether oxygens (including phenoxy) is 1. The summed E-state index contributed by atoms with van der Waals surface area (Å²) in [7, 11) is 1.47. The molecule has 1 atom stereocenters. The largest absolute Gasteiger partial charge is 0.481 e. The molecule has 0 aromatic carbocycles. The lowest BCUT2D eigenvalue weighted by molar-refractivity contribution is -0.386. The molecule has 0 aliphatic carbocycles. The molecule has 1 heterocycles. The lowest BCUT2D eigenvalue weighted by Gasteiger charge is -2.24. The minimum atomic E-state index is -0.450. The normalized spacial score (nSPS) is 13.2. The van der Waals surface area contributed by atoms with E-state index >= 15 is 0 Å². The van der Waals surface area contributed by atoms with Gasteiger partial charge in [-0.05, 0) is 5.41 Å². The van der Waals surface area contributed by atoms with Gasteiger partial charge in [-0.15, -0.1) is 11.6 Å². The molecule has 0 amide bonds. The second-order valence-corrected chi connectivity index (χ2v) is 5.64. The van der Waals surface area contributed by atoms with E-state index in [1.54, 1.807) is 0 Å². The van der Waals surface area contributed by atoms with E-state index in [-0.39, 0.29) is 16.5 Å². The van der Waals surface area contributed by atoms with Gasteiger partial charge in [-0.1, -0.05) is 20.8 Å². The molecule has 1 aromatic heterocycles. The van der Waals surface area contributed by atoms with Gasteiger partial charge in [-0.3, -0.25) is 10.1 Å². The maximum atomic E-state index is 10.9. The first-order valence-corrected chi connectivity index (χ1v) is 6.01. The Labute approximate surface area is 111 Å². The summed E-state index contributed by atoms with van der Waals surface area (Å²) in [4.78, 5) is 14.6. The Balaban J connectivity index is 3.08. The van der Waals surface area contributed by atoms with Crippen LogP contribution in [0.4, 0.5) is 5.69 Å². The average Bonchev–Trinajstić information content (AvgIpc) is 2.27. The highest BCUT2D eigenvalue weighted by molar-refractivity contribution is 6.21. The summed E-state index contributed by atoms with van der Waals surface area (Å²) in [5, 5.41) is 10.7. The summed E-state index contributed by atoms with van der Waals surface area (Å²) < 4.78 is 4.98. The zero-order chi connectivity index (χ0) is 13.9. The van der Waals surface area contributed by atoms with Crippen LogP contribution >= 0.6 is 11.6 Å². The standard InChI is InChI=1S/C12H17ClN2O3/c1-12(2,3)10(13)7-8-9(15(16)17)5-6-11(14-8)18-4/h5-6,10H,7H2,1-4H3. The Morgan fingerprint density at radius 1 is 1.50 bits per heavy atom. The van der Waals surface area contributed by atoms with Crippen molar-refractivity contribution in [2.24, 2.45) is 5.41 Å². The first kappa shape index (κ1) is 14.7. The van der Waals surface area contributed by atoms with Gasteiger partial charge in [0.05, 0.1) is 12.0 Å². The summed E-state index contributed by atoms with van der Waals surface area (Å²) in [6.07, 6.45) is 0.332. The molecule has 0 radical (unpaired) electrons. The van der Waals surface area contributed by atoms with Crippen LogP contribution in [0.15, 0.2) is 12.1 Å². The van der Waals surface area contributed by atoms with E-state index in [2.05, 4.69) is 4.98 Å². The molecule has 0 saturated heterocycles. The molecule has 5 nitrogen and oxygen atoms in total. The summed E-state index contributed by atoms with van der Waals surface area (Å²) in [6, 6.07) is 2.87. The van der Waals surface area contributed by atoms with Gasteiger partial charge in [-0.25, -0.2) is 4.98 Å². The fourth-order valence-corrected chi connectivity index (χ4v) is 1.53. The smallest absolute Gasteiger partial charge is 0.291 e. The molecule has 0 aliphatic rings. The minimum Gasteiger partial charge on any atom is -0.481 e. The Morgan fingerprint density at radius 2 is 2.11 bits per heavy atom. The van der Waals surface area contributed by atoms with Crippen LogP contribution in [-0.4, -0.2) is 22.4 Å². The molecule has 1 aromatic rings. The van der Waals surface area contributed by atoms with Gasteiger partial charge in [0.1, 0.15) is 5.69 Å². The second-order valence-electron chi connectivity index (χ2n) is 5.11. The Kier molecular flexibility index (Phi) is 4.51. The zero-order valence-electron chi connectivity index (χ0n) is 10.9. The summed E-state index contributed by atoms with van der Waals surface area (Å²) in [6.45, 7) is 5.95. The van der Waals surface area contributed by atoms with Crippen molar-refractivity contribution >= 4 is 17.3 Å². The number of nitrogens with zero attached hydrogens (tertiary/aromatic N) is 2. The summed E-state index contributed by atoms with van der Waals surface area (Å²) in [5.74, 6) is 0.355. The van der Waals surface area contributed by atoms with E-state index in [1.807, 2.05) is 20.8 Å². The van der Waals surface area contributed by atoms with E-state index in [0.717, 1.165) is 0 Å². The van der Waals surface area contributed by atoms with Crippen LogP contribution in [0.3, 0.4) is 0 Å². The topological polar surface area (TPSA) is 65.3 Å². The van der Waals surface area contributed by atoms with Gasteiger partial charge in [0.2, 0.25) is 5.88 Å². The van der Waals surface area contributed by atoms with Crippen LogP contribution in [0.2, 0.25) is 0 Å². The van der Waals surface area contributed by atoms with Crippen molar-refractivity contribution in [2.45, 2.75) is 32.6 Å². The number of pyridine rings is 1. The second kappa shape index (κ2) is 5.52. The maximum absolute atomic E-state index is 10.9. The van der Waals surface area contributed by atoms with Crippen LogP contribution in [0.25, 0.3) is 0 Å². The van der Waals surface area contributed by atoms with Crippen LogP contribution in [-0.2, 0) is 6.42 Å². The summed E-state index contributed by atoms with van der Waals surface area (Å²) in [5.41, 5.74) is 0.181. The van der Waals surface area contributed by atoms with E-state index in [4.69, 9.17) is 16.3 Å². The van der Waals surface area contributed by atoms with Crippen molar-refractivity contribution in [3.63, 3.8) is 0 Å². The van der Waals surface area contributed by atoms with E-state index in [0.29, 0.717) is 18.0 Å². The van der Waals surface area contributed by atoms with Crippen molar-refractivity contribution < 1.29 is 9.66 Å². The number of nitro groups is 1.